The Kier molecular flexibility index (Phi) is 4.67. The first-order chi connectivity index (χ1) is 13.7. The molecule has 0 fully saturated rings. The van der Waals surface area contributed by atoms with Gasteiger partial charge in [0.15, 0.2) is 17.1 Å². The van der Waals surface area contributed by atoms with Gasteiger partial charge in [0.2, 0.25) is 0 Å². The third-order valence-corrected chi connectivity index (χ3v) is 4.02. The number of furan rings is 1. The molecule has 0 aliphatic carbocycles. The van der Waals surface area contributed by atoms with Crippen LogP contribution in [0.25, 0.3) is 22.6 Å². The highest BCUT2D eigenvalue weighted by Gasteiger charge is 2.18. The molecule has 0 saturated carbocycles. The lowest BCUT2D eigenvalue weighted by Crippen LogP contribution is -2.13. The number of nitrogens with one attached hydrogen (secondary N) is 1. The molecule has 8 heteroatoms. The van der Waals surface area contributed by atoms with Crippen molar-refractivity contribution in [3.05, 3.63) is 54.1 Å². The molecule has 0 aliphatic rings. The molecule has 2 heterocycles. The van der Waals surface area contributed by atoms with E-state index in [-0.39, 0.29) is 11.9 Å². The van der Waals surface area contributed by atoms with Gasteiger partial charge in [-0.2, -0.15) is 0 Å². The largest absolute Gasteiger partial charge is 0.496 e. The normalized spacial score (nSPS) is 10.8. The van der Waals surface area contributed by atoms with E-state index in [1.165, 1.54) is 7.11 Å². The van der Waals surface area contributed by atoms with Gasteiger partial charge in [-0.05, 0) is 31.2 Å². The Morgan fingerprint density at radius 2 is 1.89 bits per heavy atom. The second kappa shape index (κ2) is 7.43. The summed E-state index contributed by atoms with van der Waals surface area (Å²) in [6, 6.07) is 14.2. The fourth-order valence-corrected chi connectivity index (χ4v) is 2.78. The molecule has 4 aromatic rings. The van der Waals surface area contributed by atoms with Gasteiger partial charge in [-0.1, -0.05) is 29.4 Å². The van der Waals surface area contributed by atoms with Crippen LogP contribution in [0.1, 0.15) is 17.3 Å². The second-order valence-electron chi connectivity index (χ2n) is 5.78. The lowest BCUT2D eigenvalue weighted by Gasteiger charge is -2.06. The number of ether oxygens (including phenoxy) is 2. The maximum atomic E-state index is 12.4. The number of hydrogen-bond acceptors (Lipinski definition) is 7. The molecule has 4 rings (SSSR count). The minimum Gasteiger partial charge on any atom is -0.496 e. The van der Waals surface area contributed by atoms with Gasteiger partial charge in [0.25, 0.3) is 11.8 Å². The predicted octanol–water partition coefficient (Wildman–Crippen LogP) is 4.14. The van der Waals surface area contributed by atoms with E-state index in [2.05, 4.69) is 15.5 Å². The first-order valence-corrected chi connectivity index (χ1v) is 8.63. The monoisotopic (exact) mass is 379 g/mol. The Bertz CT molecular complexity index is 1130. The van der Waals surface area contributed by atoms with Crippen LogP contribution in [-0.2, 0) is 0 Å². The van der Waals surface area contributed by atoms with E-state index in [1.807, 2.05) is 25.1 Å². The molecule has 0 radical (unpaired) electrons. The molecule has 8 nitrogen and oxygen atoms in total. The zero-order chi connectivity index (χ0) is 19.5. The fraction of sp³-hybridized carbons (Fsp3) is 0.150. The summed E-state index contributed by atoms with van der Waals surface area (Å²) in [6.45, 7) is 2.42. The van der Waals surface area contributed by atoms with Crippen LogP contribution < -0.4 is 14.8 Å². The summed E-state index contributed by atoms with van der Waals surface area (Å²) in [7, 11) is 1.50. The lowest BCUT2D eigenvalue weighted by atomic mass is 10.2. The number of anilines is 1. The first kappa shape index (κ1) is 17.6. The lowest BCUT2D eigenvalue weighted by molar-refractivity contribution is 0.102. The minimum absolute atomic E-state index is 0.0450. The van der Waals surface area contributed by atoms with Crippen molar-refractivity contribution in [3.8, 4) is 23.1 Å². The molecule has 142 valence electrons. The second-order valence-corrected chi connectivity index (χ2v) is 5.78. The van der Waals surface area contributed by atoms with E-state index in [0.29, 0.717) is 35.0 Å². The van der Waals surface area contributed by atoms with Gasteiger partial charge >= 0.3 is 6.01 Å². The highest BCUT2D eigenvalue weighted by Crippen LogP contribution is 2.33. The molecule has 0 aliphatic heterocycles. The third kappa shape index (κ3) is 3.27. The van der Waals surface area contributed by atoms with Gasteiger partial charge in [-0.3, -0.25) is 10.1 Å². The predicted molar refractivity (Wildman–Crippen MR) is 102 cm³/mol. The van der Waals surface area contributed by atoms with Gasteiger partial charge in [0.05, 0.1) is 19.3 Å². The van der Waals surface area contributed by atoms with E-state index < -0.39 is 5.91 Å². The highest BCUT2D eigenvalue weighted by molar-refractivity contribution is 6.05. The van der Waals surface area contributed by atoms with Crippen molar-refractivity contribution in [2.24, 2.45) is 0 Å². The van der Waals surface area contributed by atoms with Crippen molar-refractivity contribution in [2.45, 2.75) is 6.92 Å². The van der Waals surface area contributed by atoms with Crippen LogP contribution in [0.2, 0.25) is 0 Å². The zero-order valence-electron chi connectivity index (χ0n) is 15.3. The van der Waals surface area contributed by atoms with Crippen molar-refractivity contribution in [3.63, 3.8) is 0 Å². The van der Waals surface area contributed by atoms with Crippen molar-refractivity contribution < 1.29 is 23.1 Å². The Balaban J connectivity index is 1.59. The number of amides is 1. The number of methoxy groups -OCH3 is 1. The number of hydrogen-bond donors (Lipinski definition) is 1. The van der Waals surface area contributed by atoms with Crippen LogP contribution in [0.15, 0.2) is 57.4 Å². The molecule has 2 aromatic heterocycles. The number of aromatic nitrogens is 2. The molecule has 0 atom stereocenters. The van der Waals surface area contributed by atoms with E-state index in [0.717, 1.165) is 5.39 Å². The van der Waals surface area contributed by atoms with Crippen LogP contribution in [0, 0.1) is 0 Å². The van der Waals surface area contributed by atoms with Crippen molar-refractivity contribution in [1.29, 1.82) is 0 Å². The summed E-state index contributed by atoms with van der Waals surface area (Å²) in [6.07, 6.45) is 0. The quantitative estimate of drug-likeness (QED) is 0.537. The number of nitrogens with zero attached hydrogens (tertiary/aromatic N) is 2. The molecule has 1 N–H and O–H groups in total. The van der Waals surface area contributed by atoms with Crippen LogP contribution in [0.3, 0.4) is 0 Å². The van der Waals surface area contributed by atoms with Gasteiger partial charge in [-0.15, -0.1) is 5.10 Å². The summed E-state index contributed by atoms with van der Waals surface area (Å²) in [5, 5.41) is 11.2. The van der Waals surface area contributed by atoms with E-state index >= 15 is 0 Å². The van der Waals surface area contributed by atoms with Gasteiger partial charge < -0.3 is 18.3 Å². The molecule has 0 saturated heterocycles. The summed E-state index contributed by atoms with van der Waals surface area (Å²) in [5.74, 6) is 1.19. The number of benzene rings is 2. The molecule has 1 amide bonds. The van der Waals surface area contributed by atoms with Crippen molar-refractivity contribution >= 4 is 22.9 Å². The van der Waals surface area contributed by atoms with Crippen LogP contribution in [0.5, 0.6) is 11.5 Å². The van der Waals surface area contributed by atoms with E-state index in [1.54, 1.807) is 30.3 Å². The summed E-state index contributed by atoms with van der Waals surface area (Å²) in [4.78, 5) is 12.4. The molecule has 28 heavy (non-hydrogen) atoms. The highest BCUT2D eigenvalue weighted by atomic mass is 16.5. The van der Waals surface area contributed by atoms with Crippen LogP contribution >= 0.6 is 0 Å². The Morgan fingerprint density at radius 1 is 1.07 bits per heavy atom. The molecular weight excluding hydrogens is 362 g/mol. The SMILES string of the molecule is CCOc1cccc2cc(-c3nnc(NC(=O)c4ccccc4OC)o3)oc12. The molecule has 0 unspecified atom stereocenters. The Morgan fingerprint density at radius 3 is 2.71 bits per heavy atom. The molecule has 0 bridgehead atoms. The first-order valence-electron chi connectivity index (χ1n) is 8.63. The smallest absolute Gasteiger partial charge is 0.322 e. The Labute approximate surface area is 160 Å². The summed E-state index contributed by atoms with van der Waals surface area (Å²) < 4.78 is 22.1. The standard InChI is InChI=1S/C20H17N3O5/c1-3-26-15-10-6-7-12-11-16(27-17(12)15)19-22-23-20(28-19)21-18(24)13-8-4-5-9-14(13)25-2/h4-11H,3H2,1-2H3,(H,21,23,24). The van der Waals surface area contributed by atoms with Gasteiger partial charge in [0, 0.05) is 5.39 Å². The number of para-hydroxylation sites is 2. The fourth-order valence-electron chi connectivity index (χ4n) is 2.78. The van der Waals surface area contributed by atoms with Crippen molar-refractivity contribution in [2.75, 3.05) is 19.0 Å². The average molecular weight is 379 g/mol. The third-order valence-electron chi connectivity index (χ3n) is 4.02. The number of rotatable bonds is 6. The van der Waals surface area contributed by atoms with E-state index in [4.69, 9.17) is 18.3 Å². The average Bonchev–Trinajstić information content (AvgIpc) is 3.35. The van der Waals surface area contributed by atoms with Crippen LogP contribution in [0.4, 0.5) is 6.01 Å². The Hall–Kier alpha value is -3.81. The summed E-state index contributed by atoms with van der Waals surface area (Å²) >= 11 is 0. The zero-order valence-corrected chi connectivity index (χ0v) is 15.3. The molecule has 0 spiro atoms. The number of fused-ring (bicyclic) bond motifs is 1. The maximum absolute atomic E-state index is 12.4. The summed E-state index contributed by atoms with van der Waals surface area (Å²) in [5.41, 5.74) is 0.951. The molecular formula is C20H17N3O5. The maximum Gasteiger partial charge on any atom is 0.322 e. The van der Waals surface area contributed by atoms with Crippen LogP contribution in [-0.4, -0.2) is 29.8 Å². The minimum atomic E-state index is -0.420. The number of carbonyl (C=O) groups excluding carboxylic acids is 1. The number of carbonyl (C=O) groups is 1. The van der Waals surface area contributed by atoms with Gasteiger partial charge in [0.1, 0.15) is 5.75 Å². The van der Waals surface area contributed by atoms with Gasteiger partial charge in [-0.25, -0.2) is 0 Å². The van der Waals surface area contributed by atoms with E-state index in [9.17, 15) is 4.79 Å². The van der Waals surface area contributed by atoms with Crippen molar-refractivity contribution in [1.82, 2.24) is 10.2 Å². The molecule has 2 aromatic carbocycles. The topological polar surface area (TPSA) is 99.6 Å².